The van der Waals surface area contributed by atoms with E-state index in [0.29, 0.717) is 0 Å². The van der Waals surface area contributed by atoms with Crippen LogP contribution in [-0.2, 0) is 14.8 Å². The van der Waals surface area contributed by atoms with Crippen molar-refractivity contribution < 1.29 is 18.3 Å². The number of carboxylic acids is 1. The van der Waals surface area contributed by atoms with E-state index in [0.717, 1.165) is 19.3 Å². The average molecular weight is 284 g/mol. The van der Waals surface area contributed by atoms with E-state index in [1.807, 2.05) is 0 Å². The number of nitrogens with one attached hydrogen (secondary N) is 2. The molecule has 4 atom stereocenters. The standard InChI is InChI=1S/C12H16N2O4S/c15-12(16)10-7-1-2-8(5-7)11(10)14-19(17,18)9-3-4-13-6-9/h3-4,6-8,10-11,13-14H,1-2,5H2,(H,15,16). The first-order valence-corrected chi connectivity index (χ1v) is 7.85. The van der Waals surface area contributed by atoms with E-state index in [1.165, 1.54) is 18.5 Å². The van der Waals surface area contributed by atoms with Gasteiger partial charge in [-0.3, -0.25) is 4.79 Å². The normalized spacial score (nSPS) is 33.7. The molecule has 1 heterocycles. The Morgan fingerprint density at radius 1 is 1.37 bits per heavy atom. The summed E-state index contributed by atoms with van der Waals surface area (Å²) in [5, 5.41) is 9.29. The van der Waals surface area contributed by atoms with Crippen molar-refractivity contribution in [1.29, 1.82) is 0 Å². The Hall–Kier alpha value is -1.34. The van der Waals surface area contributed by atoms with Gasteiger partial charge in [0.2, 0.25) is 10.0 Å². The van der Waals surface area contributed by atoms with Gasteiger partial charge in [-0.25, -0.2) is 13.1 Å². The van der Waals surface area contributed by atoms with Crippen LogP contribution in [0.1, 0.15) is 19.3 Å². The number of aromatic amines is 1. The average Bonchev–Trinajstić information content (AvgIpc) is 3.05. The van der Waals surface area contributed by atoms with E-state index >= 15 is 0 Å². The summed E-state index contributed by atoms with van der Waals surface area (Å²) < 4.78 is 26.9. The molecule has 2 aliphatic carbocycles. The zero-order valence-corrected chi connectivity index (χ0v) is 11.1. The van der Waals surface area contributed by atoms with E-state index in [1.54, 1.807) is 0 Å². The van der Waals surface area contributed by atoms with Crippen molar-refractivity contribution in [3.8, 4) is 0 Å². The molecule has 0 aromatic carbocycles. The molecule has 0 radical (unpaired) electrons. The van der Waals surface area contributed by atoms with Gasteiger partial charge in [-0.1, -0.05) is 0 Å². The van der Waals surface area contributed by atoms with E-state index < -0.39 is 28.0 Å². The maximum atomic E-state index is 12.2. The molecule has 1 aromatic heterocycles. The Morgan fingerprint density at radius 2 is 2.11 bits per heavy atom. The molecule has 2 bridgehead atoms. The number of carboxylic acid groups (broad SMARTS) is 1. The smallest absolute Gasteiger partial charge is 0.308 e. The van der Waals surface area contributed by atoms with Crippen molar-refractivity contribution in [2.24, 2.45) is 17.8 Å². The fraction of sp³-hybridized carbons (Fsp3) is 0.583. The lowest BCUT2D eigenvalue weighted by Crippen LogP contribution is -2.46. The first kappa shape index (κ1) is 12.7. The maximum absolute atomic E-state index is 12.2. The molecule has 0 amide bonds. The van der Waals surface area contributed by atoms with Gasteiger partial charge in [-0.05, 0) is 37.2 Å². The molecular formula is C12H16N2O4S. The molecular weight excluding hydrogens is 268 g/mol. The molecule has 2 fully saturated rings. The maximum Gasteiger partial charge on any atom is 0.308 e. The molecule has 0 aliphatic heterocycles. The molecule has 3 rings (SSSR count). The van der Waals surface area contributed by atoms with Gasteiger partial charge in [0, 0.05) is 18.4 Å². The van der Waals surface area contributed by atoms with Crippen molar-refractivity contribution in [3.63, 3.8) is 0 Å². The minimum atomic E-state index is -3.63. The van der Waals surface area contributed by atoms with E-state index in [-0.39, 0.29) is 16.7 Å². The van der Waals surface area contributed by atoms with Crippen LogP contribution in [0.2, 0.25) is 0 Å². The van der Waals surface area contributed by atoms with Crippen LogP contribution >= 0.6 is 0 Å². The van der Waals surface area contributed by atoms with Crippen LogP contribution in [0.25, 0.3) is 0 Å². The lowest BCUT2D eigenvalue weighted by molar-refractivity contribution is -0.144. The molecule has 2 aliphatic rings. The van der Waals surface area contributed by atoms with E-state index in [2.05, 4.69) is 9.71 Å². The van der Waals surface area contributed by atoms with Gasteiger partial charge < -0.3 is 10.1 Å². The lowest BCUT2D eigenvalue weighted by atomic mass is 9.85. The highest BCUT2D eigenvalue weighted by Crippen LogP contribution is 2.48. The van der Waals surface area contributed by atoms with Gasteiger partial charge in [0.05, 0.1) is 10.8 Å². The molecule has 3 N–H and O–H groups in total. The molecule has 7 heteroatoms. The third-order valence-corrected chi connectivity index (χ3v) is 5.83. The van der Waals surface area contributed by atoms with Crippen molar-refractivity contribution >= 4 is 16.0 Å². The number of fused-ring (bicyclic) bond motifs is 2. The summed E-state index contributed by atoms with van der Waals surface area (Å²) in [4.78, 5) is 14.2. The van der Waals surface area contributed by atoms with Crippen LogP contribution in [0, 0.1) is 17.8 Å². The highest BCUT2D eigenvalue weighted by molar-refractivity contribution is 7.89. The highest BCUT2D eigenvalue weighted by Gasteiger charge is 2.52. The summed E-state index contributed by atoms with van der Waals surface area (Å²) in [7, 11) is -3.63. The molecule has 0 saturated heterocycles. The zero-order valence-electron chi connectivity index (χ0n) is 10.2. The molecule has 6 nitrogen and oxygen atoms in total. The third kappa shape index (κ3) is 2.06. The van der Waals surface area contributed by atoms with Gasteiger partial charge in [-0.2, -0.15) is 0 Å². The summed E-state index contributed by atoms with van der Waals surface area (Å²) in [5.74, 6) is -1.22. The van der Waals surface area contributed by atoms with Crippen molar-refractivity contribution in [2.75, 3.05) is 0 Å². The van der Waals surface area contributed by atoms with Crippen molar-refractivity contribution in [1.82, 2.24) is 9.71 Å². The summed E-state index contributed by atoms with van der Waals surface area (Å²) >= 11 is 0. The summed E-state index contributed by atoms with van der Waals surface area (Å²) in [6, 6.07) is 0.988. The minimum absolute atomic E-state index is 0.112. The summed E-state index contributed by atoms with van der Waals surface area (Å²) in [6.45, 7) is 0. The Morgan fingerprint density at radius 3 is 2.74 bits per heavy atom. The highest BCUT2D eigenvalue weighted by atomic mass is 32.2. The topological polar surface area (TPSA) is 99.3 Å². The quantitative estimate of drug-likeness (QED) is 0.761. The largest absolute Gasteiger partial charge is 0.481 e. The second kappa shape index (κ2) is 4.35. The zero-order chi connectivity index (χ0) is 13.6. The number of aromatic nitrogens is 1. The molecule has 0 spiro atoms. The number of H-pyrrole nitrogens is 1. The minimum Gasteiger partial charge on any atom is -0.481 e. The molecule has 1 aromatic rings. The first-order chi connectivity index (χ1) is 8.99. The third-order valence-electron chi connectivity index (χ3n) is 4.37. The van der Waals surface area contributed by atoms with Gasteiger partial charge >= 0.3 is 5.97 Å². The Balaban J connectivity index is 1.85. The number of aliphatic carboxylic acids is 1. The molecule has 104 valence electrons. The number of rotatable bonds is 4. The van der Waals surface area contributed by atoms with Crippen LogP contribution in [0.5, 0.6) is 0 Å². The number of hydrogen-bond acceptors (Lipinski definition) is 3. The number of carbonyl (C=O) groups is 1. The van der Waals surface area contributed by atoms with Crippen LogP contribution in [0.15, 0.2) is 23.4 Å². The Bertz CT molecular complexity index is 581. The lowest BCUT2D eigenvalue weighted by Gasteiger charge is -2.28. The Kier molecular flexibility index (Phi) is 2.90. The predicted octanol–water partition coefficient (Wildman–Crippen LogP) is 0.792. The van der Waals surface area contributed by atoms with E-state index in [9.17, 15) is 18.3 Å². The first-order valence-electron chi connectivity index (χ1n) is 6.37. The number of sulfonamides is 1. The van der Waals surface area contributed by atoms with Crippen LogP contribution in [0.3, 0.4) is 0 Å². The molecule has 2 saturated carbocycles. The second-order valence-corrected chi connectivity index (χ2v) is 7.10. The van der Waals surface area contributed by atoms with Crippen LogP contribution < -0.4 is 4.72 Å². The summed E-state index contributed by atoms with van der Waals surface area (Å²) in [6.07, 6.45) is 5.55. The van der Waals surface area contributed by atoms with Crippen molar-refractivity contribution in [2.45, 2.75) is 30.2 Å². The predicted molar refractivity (Wildman–Crippen MR) is 66.9 cm³/mol. The van der Waals surface area contributed by atoms with Crippen molar-refractivity contribution in [3.05, 3.63) is 18.5 Å². The van der Waals surface area contributed by atoms with Gasteiger partial charge in [0.25, 0.3) is 0 Å². The fourth-order valence-corrected chi connectivity index (χ4v) is 4.84. The molecule has 4 unspecified atom stereocenters. The van der Waals surface area contributed by atoms with Gasteiger partial charge in [0.15, 0.2) is 0 Å². The van der Waals surface area contributed by atoms with Gasteiger partial charge in [-0.15, -0.1) is 0 Å². The second-order valence-electron chi connectivity index (χ2n) is 5.39. The SMILES string of the molecule is O=C(O)C1C2CCC(C2)C1NS(=O)(=O)c1cc[nH]c1. The molecule has 19 heavy (non-hydrogen) atoms. The van der Waals surface area contributed by atoms with Gasteiger partial charge in [0.1, 0.15) is 0 Å². The summed E-state index contributed by atoms with van der Waals surface area (Å²) in [5.41, 5.74) is 0. The monoisotopic (exact) mass is 284 g/mol. The number of hydrogen-bond donors (Lipinski definition) is 3. The fourth-order valence-electron chi connectivity index (χ4n) is 3.54. The van der Waals surface area contributed by atoms with Crippen LogP contribution in [0.4, 0.5) is 0 Å². The van der Waals surface area contributed by atoms with E-state index in [4.69, 9.17) is 0 Å². The Labute approximate surface area is 111 Å². The van der Waals surface area contributed by atoms with Crippen LogP contribution in [-0.4, -0.2) is 30.5 Å².